The van der Waals surface area contributed by atoms with Crippen LogP contribution in [0.5, 0.6) is 5.75 Å². The molecule has 0 fully saturated rings. The molecule has 0 aliphatic rings. The maximum absolute atomic E-state index is 14.0. The van der Waals surface area contributed by atoms with Gasteiger partial charge in [-0.1, -0.05) is 27.7 Å². The lowest BCUT2D eigenvalue weighted by Gasteiger charge is -2.29. The average molecular weight is 502 g/mol. The number of nitro benzene ring substituents is 1. The molecule has 0 unspecified atom stereocenters. The molecule has 2 N–H and O–H groups in total. The molecule has 0 aliphatic carbocycles. The number of nitrogens with one attached hydrogen (secondary N) is 2. The molecule has 0 saturated carbocycles. The van der Waals surface area contributed by atoms with Crippen LogP contribution in [0.4, 0.5) is 5.69 Å². The lowest BCUT2D eigenvalue weighted by Crippen LogP contribution is -2.46. The summed E-state index contributed by atoms with van der Waals surface area (Å²) in [4.78, 5) is 35.5. The van der Waals surface area contributed by atoms with Crippen LogP contribution < -0.4 is 14.7 Å². The third-order valence-electron chi connectivity index (χ3n) is 4.49. The highest BCUT2D eigenvalue weighted by Crippen LogP contribution is 2.42. The van der Waals surface area contributed by atoms with Gasteiger partial charge in [0.15, 0.2) is 0 Å². The molecule has 11 nitrogen and oxygen atoms in total. The second-order valence-corrected chi connectivity index (χ2v) is 10.3. The largest absolute Gasteiger partial charge is 0.465 e. The van der Waals surface area contributed by atoms with Crippen LogP contribution in [0.2, 0.25) is 0 Å². The highest BCUT2D eigenvalue weighted by atomic mass is 31.2. The second kappa shape index (κ2) is 14.0. The van der Waals surface area contributed by atoms with Crippen molar-refractivity contribution < 1.29 is 33.1 Å². The first-order chi connectivity index (χ1) is 15.9. The summed E-state index contributed by atoms with van der Waals surface area (Å²) in [5.41, 5.74) is -0.170. The number of ether oxygens (including phenoxy) is 2. The van der Waals surface area contributed by atoms with E-state index in [1.807, 2.05) is 27.7 Å². The van der Waals surface area contributed by atoms with Crippen molar-refractivity contribution in [1.82, 2.24) is 10.2 Å². The van der Waals surface area contributed by atoms with Crippen molar-refractivity contribution in [1.29, 1.82) is 0 Å². The molecule has 0 aliphatic heterocycles. The van der Waals surface area contributed by atoms with Gasteiger partial charge in [-0.25, -0.2) is 14.7 Å². The fourth-order valence-electron chi connectivity index (χ4n) is 3.11. The van der Waals surface area contributed by atoms with Crippen LogP contribution in [0.3, 0.4) is 0 Å². The topological polar surface area (TPSA) is 146 Å². The molecule has 12 heteroatoms. The minimum atomic E-state index is -4.13. The fraction of sp³-hybridized carbons (Fsp3) is 0.636. The minimum absolute atomic E-state index is 0.0475. The average Bonchev–Trinajstić information content (AvgIpc) is 2.72. The number of non-ortho nitro benzene ring substituents is 1. The van der Waals surface area contributed by atoms with Gasteiger partial charge in [0, 0.05) is 12.1 Å². The molecule has 0 amide bonds. The summed E-state index contributed by atoms with van der Waals surface area (Å²) in [6.07, 6.45) is 0.588. The van der Waals surface area contributed by atoms with Gasteiger partial charge in [-0.3, -0.25) is 19.7 Å². The van der Waals surface area contributed by atoms with Gasteiger partial charge in [0.25, 0.3) is 5.69 Å². The Morgan fingerprint density at radius 3 is 1.65 bits per heavy atom. The number of hydrogen-bond acceptors (Lipinski definition) is 8. The number of hydrogen-bond donors (Lipinski definition) is 2. The molecule has 34 heavy (non-hydrogen) atoms. The first-order valence-electron chi connectivity index (χ1n) is 11.3. The van der Waals surface area contributed by atoms with E-state index in [2.05, 4.69) is 10.2 Å². The summed E-state index contributed by atoms with van der Waals surface area (Å²) in [7, 11) is -4.13. The van der Waals surface area contributed by atoms with E-state index in [9.17, 15) is 24.3 Å². The van der Waals surface area contributed by atoms with E-state index < -0.39 is 36.6 Å². The SMILES string of the molecule is CCOC(=O)[C@H](CC(C)C)NP(=O)(N[C@@H](CC(C)C)C(=O)OCC)Oc1ccc([N+](=O)[O-])cc1. The van der Waals surface area contributed by atoms with Gasteiger partial charge in [0.2, 0.25) is 0 Å². The van der Waals surface area contributed by atoms with Crippen LogP contribution in [-0.2, 0) is 23.6 Å². The molecule has 1 aromatic carbocycles. The Bertz CT molecular complexity index is 822. The van der Waals surface area contributed by atoms with Crippen molar-refractivity contribution in [3.63, 3.8) is 0 Å². The fourth-order valence-corrected chi connectivity index (χ4v) is 4.95. The summed E-state index contributed by atoms with van der Waals surface area (Å²) >= 11 is 0. The molecule has 0 aromatic heterocycles. The van der Waals surface area contributed by atoms with Crippen molar-refractivity contribution in [3.05, 3.63) is 34.4 Å². The smallest absolute Gasteiger partial charge is 0.391 e. The van der Waals surface area contributed by atoms with Crippen molar-refractivity contribution in [2.75, 3.05) is 13.2 Å². The zero-order chi connectivity index (χ0) is 25.9. The molecule has 0 bridgehead atoms. The van der Waals surface area contributed by atoms with Gasteiger partial charge in [0.1, 0.15) is 17.8 Å². The number of esters is 2. The maximum Gasteiger partial charge on any atom is 0.391 e. The monoisotopic (exact) mass is 501 g/mol. The zero-order valence-electron chi connectivity index (χ0n) is 20.6. The number of benzene rings is 1. The molecule has 1 rings (SSSR count). The Kier molecular flexibility index (Phi) is 12.2. The highest BCUT2D eigenvalue weighted by Gasteiger charge is 2.38. The van der Waals surface area contributed by atoms with Crippen molar-refractivity contribution in [2.24, 2.45) is 11.8 Å². The third kappa shape index (κ3) is 10.2. The van der Waals surface area contributed by atoms with Crippen LogP contribution >= 0.6 is 7.67 Å². The Morgan fingerprint density at radius 2 is 1.32 bits per heavy atom. The number of nitrogens with zero attached hydrogens (tertiary/aromatic N) is 1. The van der Waals surface area contributed by atoms with Gasteiger partial charge in [-0.15, -0.1) is 0 Å². The Labute approximate surface area is 200 Å². The molecule has 0 radical (unpaired) electrons. The first kappa shape index (κ1) is 29.5. The van der Waals surface area contributed by atoms with Gasteiger partial charge in [-0.2, -0.15) is 0 Å². The maximum atomic E-state index is 14.0. The van der Waals surface area contributed by atoms with E-state index in [0.29, 0.717) is 12.8 Å². The lowest BCUT2D eigenvalue weighted by molar-refractivity contribution is -0.384. The van der Waals surface area contributed by atoms with E-state index in [4.69, 9.17) is 14.0 Å². The minimum Gasteiger partial charge on any atom is -0.465 e. The van der Waals surface area contributed by atoms with E-state index >= 15 is 0 Å². The molecule has 192 valence electrons. The first-order valence-corrected chi connectivity index (χ1v) is 13.0. The second-order valence-electron chi connectivity index (χ2n) is 8.52. The molecular formula is C22H36N3O8P. The highest BCUT2D eigenvalue weighted by molar-refractivity contribution is 7.55. The molecular weight excluding hydrogens is 465 g/mol. The molecule has 2 atom stereocenters. The van der Waals surface area contributed by atoms with Crippen molar-refractivity contribution in [3.8, 4) is 5.75 Å². The van der Waals surface area contributed by atoms with Gasteiger partial charge >= 0.3 is 19.6 Å². The Morgan fingerprint density at radius 1 is 0.912 bits per heavy atom. The van der Waals surface area contributed by atoms with E-state index in [-0.39, 0.29) is 36.5 Å². The molecule has 0 spiro atoms. The van der Waals surface area contributed by atoms with E-state index in [0.717, 1.165) is 0 Å². The predicted octanol–water partition coefficient (Wildman–Crippen LogP) is 4.22. The van der Waals surface area contributed by atoms with E-state index in [1.54, 1.807) is 13.8 Å². The molecule has 0 heterocycles. The van der Waals surface area contributed by atoms with Gasteiger partial charge in [-0.05, 0) is 50.7 Å². The summed E-state index contributed by atoms with van der Waals surface area (Å²) in [5.74, 6) is -1.07. The number of nitro groups is 1. The summed E-state index contributed by atoms with van der Waals surface area (Å²) in [6.45, 7) is 11.2. The van der Waals surface area contributed by atoms with Gasteiger partial charge in [0.05, 0.1) is 18.1 Å². The standard InChI is InChI=1S/C22H36N3O8P/c1-7-31-21(26)19(13-15(3)4)23-34(30,24-20(14-16(5)6)22(27)32-8-2)33-18-11-9-17(10-12-18)25(28)29/h9-12,15-16,19-20H,7-8,13-14H2,1-6H3,(H2,23,24,30)/t19-,20-/m0/s1. The summed E-state index contributed by atoms with van der Waals surface area (Å²) in [6, 6.07) is 3.01. The normalized spacial score (nSPS) is 13.4. The van der Waals surface area contributed by atoms with Gasteiger partial charge < -0.3 is 14.0 Å². The predicted molar refractivity (Wildman–Crippen MR) is 127 cm³/mol. The van der Waals surface area contributed by atoms with E-state index in [1.165, 1.54) is 24.3 Å². The van der Waals surface area contributed by atoms with Crippen molar-refractivity contribution >= 4 is 25.3 Å². The zero-order valence-corrected chi connectivity index (χ0v) is 21.5. The van der Waals surface area contributed by atoms with Crippen LogP contribution in [0, 0.1) is 22.0 Å². The number of rotatable bonds is 15. The number of carbonyl (C=O) groups is 2. The quantitative estimate of drug-likeness (QED) is 0.155. The lowest BCUT2D eigenvalue weighted by atomic mass is 10.1. The third-order valence-corrected chi connectivity index (χ3v) is 6.26. The summed E-state index contributed by atoms with van der Waals surface area (Å²) < 4.78 is 30.0. The summed E-state index contributed by atoms with van der Waals surface area (Å²) in [5, 5.41) is 16.4. The molecule has 0 saturated heterocycles. The van der Waals surface area contributed by atoms with Crippen LogP contribution in [-0.4, -0.2) is 42.2 Å². The van der Waals surface area contributed by atoms with Crippen LogP contribution in [0.1, 0.15) is 54.4 Å². The number of carbonyl (C=O) groups excluding carboxylic acids is 2. The van der Waals surface area contributed by atoms with Crippen molar-refractivity contribution in [2.45, 2.75) is 66.5 Å². The van der Waals surface area contributed by atoms with Crippen LogP contribution in [0.25, 0.3) is 0 Å². The Balaban J connectivity index is 3.35. The Hall–Kier alpha value is -2.49. The molecule has 1 aromatic rings. The van der Waals surface area contributed by atoms with Crippen LogP contribution in [0.15, 0.2) is 24.3 Å².